The Bertz CT molecular complexity index is 894. The van der Waals surface area contributed by atoms with Crippen LogP contribution in [-0.2, 0) is 11.4 Å². The lowest BCUT2D eigenvalue weighted by atomic mass is 9.88. The molecule has 1 aromatic heterocycles. The molecule has 0 spiro atoms. The Morgan fingerprint density at radius 1 is 1.17 bits per heavy atom. The number of carbonyl (C=O) groups excluding carboxylic acids is 2. The minimum atomic E-state index is -0.478. The van der Waals surface area contributed by atoms with Gasteiger partial charge >= 0.3 is 0 Å². The first-order valence-electron chi connectivity index (χ1n) is 10.2. The largest absolute Gasteiger partial charge is 0.483 e. The summed E-state index contributed by atoms with van der Waals surface area (Å²) in [6.45, 7) is 5.71. The van der Waals surface area contributed by atoms with Crippen LogP contribution < -0.4 is 15.4 Å². The molecule has 1 aliphatic rings. The smallest absolute Gasteiger partial charge is 0.271 e. The highest BCUT2D eigenvalue weighted by atomic mass is 32.1. The van der Waals surface area contributed by atoms with Crippen molar-refractivity contribution < 1.29 is 18.7 Å². The number of aromatic nitrogens is 1. The molecule has 2 amide bonds. The summed E-state index contributed by atoms with van der Waals surface area (Å²) in [6, 6.07) is 5.95. The van der Waals surface area contributed by atoms with Crippen molar-refractivity contribution in [2.24, 2.45) is 5.41 Å². The molecule has 1 heterocycles. The van der Waals surface area contributed by atoms with E-state index in [-0.39, 0.29) is 36.3 Å². The Labute approximate surface area is 180 Å². The van der Waals surface area contributed by atoms with E-state index in [1.165, 1.54) is 17.4 Å². The molecule has 1 aromatic carbocycles. The van der Waals surface area contributed by atoms with E-state index in [1.807, 2.05) is 20.8 Å². The van der Waals surface area contributed by atoms with Crippen LogP contribution in [-0.4, -0.2) is 28.9 Å². The average molecular weight is 434 g/mol. The van der Waals surface area contributed by atoms with Crippen LogP contribution in [0.15, 0.2) is 29.6 Å². The number of hydrogen-bond acceptors (Lipinski definition) is 5. The first-order chi connectivity index (χ1) is 14.2. The number of nitrogens with zero attached hydrogens (tertiary/aromatic N) is 1. The minimum Gasteiger partial charge on any atom is -0.483 e. The maximum Gasteiger partial charge on any atom is 0.271 e. The zero-order chi connectivity index (χ0) is 21.7. The Balaban J connectivity index is 1.58. The van der Waals surface area contributed by atoms with Crippen LogP contribution in [0.1, 0.15) is 62.0 Å². The van der Waals surface area contributed by atoms with E-state index in [9.17, 15) is 14.0 Å². The molecular weight excluding hydrogens is 405 g/mol. The molecule has 0 radical (unpaired) electrons. The van der Waals surface area contributed by atoms with Crippen LogP contribution in [0.4, 0.5) is 4.39 Å². The Hall–Kier alpha value is -2.48. The van der Waals surface area contributed by atoms with Crippen LogP contribution in [0.5, 0.6) is 5.75 Å². The number of hydrogen-bond donors (Lipinski definition) is 2. The number of halogens is 1. The Morgan fingerprint density at radius 2 is 1.83 bits per heavy atom. The fourth-order valence-electron chi connectivity index (χ4n) is 3.29. The van der Waals surface area contributed by atoms with Gasteiger partial charge < -0.3 is 15.4 Å². The van der Waals surface area contributed by atoms with E-state index in [0.717, 1.165) is 25.7 Å². The second-order valence-corrected chi connectivity index (χ2v) is 9.48. The predicted molar refractivity (Wildman–Crippen MR) is 114 cm³/mol. The maximum absolute atomic E-state index is 13.7. The number of carbonyl (C=O) groups is 2. The molecule has 2 unspecified atom stereocenters. The molecular formula is C22H28FN3O3S. The third-order valence-electron chi connectivity index (χ3n) is 5.05. The van der Waals surface area contributed by atoms with Crippen molar-refractivity contribution in [2.75, 3.05) is 0 Å². The quantitative estimate of drug-likeness (QED) is 0.720. The summed E-state index contributed by atoms with van der Waals surface area (Å²) in [5, 5.41) is 8.37. The Morgan fingerprint density at radius 3 is 2.50 bits per heavy atom. The third kappa shape index (κ3) is 5.78. The van der Waals surface area contributed by atoms with Crippen molar-refractivity contribution in [3.63, 3.8) is 0 Å². The van der Waals surface area contributed by atoms with Crippen LogP contribution in [0.2, 0.25) is 0 Å². The predicted octanol–water partition coefficient (Wildman–Crippen LogP) is 4.06. The molecule has 1 aliphatic carbocycles. The van der Waals surface area contributed by atoms with Crippen molar-refractivity contribution in [1.29, 1.82) is 0 Å². The van der Waals surface area contributed by atoms with Crippen LogP contribution in [0.3, 0.4) is 0 Å². The monoisotopic (exact) mass is 433 g/mol. The lowest BCUT2D eigenvalue weighted by molar-refractivity contribution is -0.129. The first kappa shape index (κ1) is 22.2. The summed E-state index contributed by atoms with van der Waals surface area (Å²) in [5.74, 6) is -0.578. The van der Waals surface area contributed by atoms with Gasteiger partial charge in [0.05, 0.1) is 0 Å². The van der Waals surface area contributed by atoms with Crippen LogP contribution >= 0.6 is 11.3 Å². The van der Waals surface area contributed by atoms with Gasteiger partial charge in [-0.3, -0.25) is 9.59 Å². The van der Waals surface area contributed by atoms with Crippen molar-refractivity contribution in [2.45, 2.75) is 65.1 Å². The van der Waals surface area contributed by atoms with Gasteiger partial charge in [0.25, 0.3) is 5.91 Å². The highest BCUT2D eigenvalue weighted by Gasteiger charge is 2.31. The second-order valence-electron chi connectivity index (χ2n) is 8.54. The molecule has 2 atom stereocenters. The SMILES string of the molecule is CC(C)(C)C(=O)NC1CCCCC1NC(=O)c1csc(COc2ccccc2F)n1. The molecule has 2 N–H and O–H groups in total. The molecule has 0 aliphatic heterocycles. The van der Waals surface area contributed by atoms with E-state index in [0.29, 0.717) is 10.7 Å². The van der Waals surface area contributed by atoms with Gasteiger partial charge in [-0.2, -0.15) is 0 Å². The van der Waals surface area contributed by atoms with Gasteiger partial charge in [0.1, 0.15) is 17.3 Å². The van der Waals surface area contributed by atoms with Gasteiger partial charge in [-0.1, -0.05) is 45.7 Å². The number of benzene rings is 1. The summed E-state index contributed by atoms with van der Waals surface area (Å²) < 4.78 is 19.1. The fourth-order valence-corrected chi connectivity index (χ4v) is 3.97. The lowest BCUT2D eigenvalue weighted by Crippen LogP contribution is -2.55. The van der Waals surface area contributed by atoms with E-state index >= 15 is 0 Å². The summed E-state index contributed by atoms with van der Waals surface area (Å²) in [7, 11) is 0. The maximum atomic E-state index is 13.7. The number of para-hydroxylation sites is 1. The van der Waals surface area contributed by atoms with Gasteiger partial charge in [0, 0.05) is 22.9 Å². The zero-order valence-electron chi connectivity index (χ0n) is 17.5. The molecule has 2 aromatic rings. The topological polar surface area (TPSA) is 80.3 Å². The minimum absolute atomic E-state index is 0.0186. The van der Waals surface area contributed by atoms with Gasteiger partial charge in [0.2, 0.25) is 5.91 Å². The van der Waals surface area contributed by atoms with E-state index in [2.05, 4.69) is 15.6 Å². The van der Waals surface area contributed by atoms with Gasteiger partial charge in [-0.15, -0.1) is 11.3 Å². The summed E-state index contributed by atoms with van der Waals surface area (Å²) in [5.41, 5.74) is -0.174. The highest BCUT2D eigenvalue weighted by molar-refractivity contribution is 7.09. The second kappa shape index (κ2) is 9.55. The van der Waals surface area contributed by atoms with Crippen LogP contribution in [0.25, 0.3) is 0 Å². The van der Waals surface area contributed by atoms with E-state index < -0.39 is 11.2 Å². The average Bonchev–Trinajstić information content (AvgIpc) is 3.17. The first-order valence-corrected chi connectivity index (χ1v) is 11.1. The summed E-state index contributed by atoms with van der Waals surface area (Å²) in [6.07, 6.45) is 3.68. The third-order valence-corrected chi connectivity index (χ3v) is 5.87. The molecule has 30 heavy (non-hydrogen) atoms. The molecule has 1 saturated carbocycles. The molecule has 1 fully saturated rings. The van der Waals surface area contributed by atoms with Crippen LogP contribution in [0, 0.1) is 11.2 Å². The van der Waals surface area contributed by atoms with Crippen molar-refractivity contribution in [1.82, 2.24) is 15.6 Å². The number of rotatable bonds is 6. The fraction of sp³-hybridized carbons (Fsp3) is 0.500. The highest BCUT2D eigenvalue weighted by Crippen LogP contribution is 2.22. The summed E-state index contributed by atoms with van der Waals surface area (Å²) >= 11 is 1.29. The van der Waals surface area contributed by atoms with Crippen molar-refractivity contribution in [3.8, 4) is 5.75 Å². The van der Waals surface area contributed by atoms with E-state index in [4.69, 9.17) is 4.74 Å². The Kier molecular flexibility index (Phi) is 7.07. The molecule has 8 heteroatoms. The van der Waals surface area contributed by atoms with Gasteiger partial charge in [-0.25, -0.2) is 9.37 Å². The van der Waals surface area contributed by atoms with Gasteiger partial charge in [0.15, 0.2) is 11.6 Å². The molecule has 6 nitrogen and oxygen atoms in total. The number of thiazole rings is 1. The number of nitrogens with one attached hydrogen (secondary N) is 2. The summed E-state index contributed by atoms with van der Waals surface area (Å²) in [4.78, 5) is 29.4. The standard InChI is InChI=1S/C22H28FN3O3S/c1-22(2,3)21(28)26-16-10-6-5-9-15(16)25-20(27)17-13-30-19(24-17)12-29-18-11-7-4-8-14(18)23/h4,7-8,11,13,15-16H,5-6,9-10,12H2,1-3H3,(H,25,27)(H,26,28). The molecule has 0 bridgehead atoms. The van der Waals surface area contributed by atoms with E-state index in [1.54, 1.807) is 23.6 Å². The number of ether oxygens (including phenoxy) is 1. The van der Waals surface area contributed by atoms with Crippen molar-refractivity contribution in [3.05, 3.63) is 46.2 Å². The number of amides is 2. The van der Waals surface area contributed by atoms with Gasteiger partial charge in [-0.05, 0) is 25.0 Å². The molecule has 0 saturated heterocycles. The lowest BCUT2D eigenvalue weighted by Gasteiger charge is -2.34. The zero-order valence-corrected chi connectivity index (χ0v) is 18.4. The molecule has 162 valence electrons. The van der Waals surface area contributed by atoms with Crippen molar-refractivity contribution >= 4 is 23.2 Å². The normalized spacial score (nSPS) is 19.2. The molecule has 3 rings (SSSR count).